The zero-order valence-corrected chi connectivity index (χ0v) is 8.61. The maximum Gasteiger partial charge on any atom is 0.166 e. The maximum absolute atomic E-state index is 4.14. The van der Waals surface area contributed by atoms with Crippen LogP contribution in [0.1, 0.15) is 26.2 Å². The van der Waals surface area contributed by atoms with Crippen LogP contribution >= 0.6 is 7.55 Å². The molecule has 1 rings (SSSR count). The van der Waals surface area contributed by atoms with Crippen molar-refractivity contribution in [2.75, 3.05) is 19.8 Å². The van der Waals surface area contributed by atoms with Gasteiger partial charge < -0.3 is 0 Å². The predicted molar refractivity (Wildman–Crippen MR) is 54.9 cm³/mol. The van der Waals surface area contributed by atoms with Crippen LogP contribution in [-0.2, 0) is 0 Å². The molecule has 1 nitrogen and oxygen atoms in total. The minimum Gasteiger partial charge on any atom is -0.263 e. The van der Waals surface area contributed by atoms with Gasteiger partial charge in [0.1, 0.15) is 7.55 Å². The van der Waals surface area contributed by atoms with Crippen molar-refractivity contribution in [1.82, 2.24) is 4.90 Å². The van der Waals surface area contributed by atoms with E-state index in [2.05, 4.69) is 24.8 Å². The Labute approximate surface area is 71.2 Å². The first-order chi connectivity index (χ1) is 5.22. The molecule has 1 aliphatic rings. The van der Waals surface area contributed by atoms with E-state index in [0.29, 0.717) is 0 Å². The van der Waals surface area contributed by atoms with Gasteiger partial charge in [-0.3, -0.25) is 4.90 Å². The van der Waals surface area contributed by atoms with E-state index < -0.39 is 0 Å². The Hall–Kier alpha value is 0.130. The molecule has 0 aromatic rings. The minimum absolute atomic E-state index is 0.00861. The van der Waals surface area contributed by atoms with E-state index in [0.717, 1.165) is 5.78 Å². The summed E-state index contributed by atoms with van der Waals surface area (Å²) in [5.41, 5.74) is 0. The Morgan fingerprint density at radius 1 is 1.27 bits per heavy atom. The van der Waals surface area contributed by atoms with Crippen LogP contribution in [0.25, 0.3) is 0 Å². The van der Waals surface area contributed by atoms with Crippen LogP contribution in [0.3, 0.4) is 0 Å². The third kappa shape index (κ3) is 2.57. The fourth-order valence-electron chi connectivity index (χ4n) is 1.57. The smallest absolute Gasteiger partial charge is 0.166 e. The van der Waals surface area contributed by atoms with Gasteiger partial charge in [-0.1, -0.05) is 6.42 Å². The van der Waals surface area contributed by atoms with Gasteiger partial charge in [0.05, 0.1) is 13.0 Å². The van der Waals surface area contributed by atoms with Crippen LogP contribution in [-0.4, -0.2) is 36.7 Å². The summed E-state index contributed by atoms with van der Waals surface area (Å²) in [6.45, 7) is 7.21. The molecular weight excluding hydrogens is 153 g/mol. The standard InChI is InChI=1S/C9H19NP/c1-9(11(2)3)10-7-5-4-6-8-10/h9H,2,4-8H2,1,3H3/q+1. The highest BCUT2D eigenvalue weighted by Crippen LogP contribution is 2.27. The molecule has 64 valence electrons. The molecular formula is C9H19NP+. The Balaban J connectivity index is 2.38. The van der Waals surface area contributed by atoms with Gasteiger partial charge in [-0.15, -0.1) is 0 Å². The van der Waals surface area contributed by atoms with Gasteiger partial charge in [0.25, 0.3) is 0 Å². The zero-order chi connectivity index (χ0) is 8.27. The van der Waals surface area contributed by atoms with Crippen LogP contribution in [0.4, 0.5) is 0 Å². The second-order valence-corrected chi connectivity index (χ2v) is 5.75. The molecule has 0 radical (unpaired) electrons. The predicted octanol–water partition coefficient (Wildman–Crippen LogP) is 2.36. The van der Waals surface area contributed by atoms with E-state index >= 15 is 0 Å². The molecule has 1 fully saturated rings. The number of rotatable bonds is 2. The van der Waals surface area contributed by atoms with E-state index in [1.807, 2.05) is 0 Å². The average Bonchev–Trinajstić information content (AvgIpc) is 2.05. The Kier molecular flexibility index (Phi) is 3.54. The molecule has 0 bridgehead atoms. The van der Waals surface area contributed by atoms with E-state index in [1.165, 1.54) is 32.4 Å². The molecule has 1 aliphatic heterocycles. The molecule has 2 unspecified atom stereocenters. The molecule has 0 aromatic heterocycles. The topological polar surface area (TPSA) is 3.24 Å². The van der Waals surface area contributed by atoms with Crippen LogP contribution < -0.4 is 0 Å². The first-order valence-corrected chi connectivity index (χ1v) is 6.53. The number of hydrogen-bond donors (Lipinski definition) is 0. The Bertz CT molecular complexity index is 138. The minimum atomic E-state index is -0.00861. The molecule has 0 N–H and O–H groups in total. The van der Waals surface area contributed by atoms with E-state index in [4.69, 9.17) is 0 Å². The van der Waals surface area contributed by atoms with Gasteiger partial charge in [-0.2, -0.15) is 0 Å². The molecule has 11 heavy (non-hydrogen) atoms. The average molecular weight is 172 g/mol. The van der Waals surface area contributed by atoms with E-state index in [-0.39, 0.29) is 7.55 Å². The second kappa shape index (κ2) is 4.23. The van der Waals surface area contributed by atoms with Gasteiger partial charge >= 0.3 is 0 Å². The molecule has 0 aliphatic carbocycles. The molecule has 2 atom stereocenters. The zero-order valence-electron chi connectivity index (χ0n) is 7.71. The lowest BCUT2D eigenvalue weighted by Gasteiger charge is -2.27. The van der Waals surface area contributed by atoms with Crippen molar-refractivity contribution >= 4 is 13.8 Å². The lowest BCUT2D eigenvalue weighted by molar-refractivity contribution is 0.220. The van der Waals surface area contributed by atoms with Crippen LogP contribution in [0.2, 0.25) is 0 Å². The number of nitrogens with zero attached hydrogens (tertiary/aromatic N) is 1. The second-order valence-electron chi connectivity index (χ2n) is 3.49. The molecule has 0 aromatic carbocycles. The summed E-state index contributed by atoms with van der Waals surface area (Å²) in [4.78, 5) is 2.60. The molecule has 0 saturated carbocycles. The van der Waals surface area contributed by atoms with Crippen molar-refractivity contribution in [1.29, 1.82) is 0 Å². The lowest BCUT2D eigenvalue weighted by Crippen LogP contribution is -2.35. The van der Waals surface area contributed by atoms with Gasteiger partial charge in [0.2, 0.25) is 0 Å². The SMILES string of the molecule is C=[P+](C)C(C)N1CCCCC1. The van der Waals surface area contributed by atoms with Gasteiger partial charge in [0.15, 0.2) is 5.78 Å². The van der Waals surface area contributed by atoms with Gasteiger partial charge in [0, 0.05) is 13.1 Å². The number of hydrogen-bond acceptors (Lipinski definition) is 1. The Morgan fingerprint density at radius 3 is 2.27 bits per heavy atom. The molecule has 0 amide bonds. The van der Waals surface area contributed by atoms with Crippen molar-refractivity contribution in [3.05, 3.63) is 0 Å². The first kappa shape index (κ1) is 9.22. The van der Waals surface area contributed by atoms with Gasteiger partial charge in [-0.05, 0) is 19.8 Å². The summed E-state index contributed by atoms with van der Waals surface area (Å²) < 4.78 is 0. The number of piperidine rings is 1. The lowest BCUT2D eigenvalue weighted by atomic mass is 10.1. The van der Waals surface area contributed by atoms with Crippen LogP contribution in [0.5, 0.6) is 0 Å². The fourth-order valence-corrected chi connectivity index (χ4v) is 2.36. The molecule has 2 heteroatoms. The monoisotopic (exact) mass is 172 g/mol. The van der Waals surface area contributed by atoms with Crippen molar-refractivity contribution < 1.29 is 0 Å². The largest absolute Gasteiger partial charge is 0.263 e. The van der Waals surface area contributed by atoms with E-state index in [9.17, 15) is 0 Å². The van der Waals surface area contributed by atoms with Crippen molar-refractivity contribution in [2.45, 2.75) is 32.0 Å². The third-order valence-corrected chi connectivity index (χ3v) is 4.16. The molecule has 0 spiro atoms. The summed E-state index contributed by atoms with van der Waals surface area (Å²) in [7, 11) is -0.00861. The highest BCUT2D eigenvalue weighted by atomic mass is 31.1. The quantitative estimate of drug-likeness (QED) is 0.578. The first-order valence-electron chi connectivity index (χ1n) is 4.49. The maximum atomic E-state index is 4.14. The molecule has 1 saturated heterocycles. The summed E-state index contributed by atoms with van der Waals surface area (Å²) in [6.07, 6.45) is 8.36. The highest BCUT2D eigenvalue weighted by molar-refractivity contribution is 7.55. The van der Waals surface area contributed by atoms with Crippen LogP contribution in [0, 0.1) is 0 Å². The van der Waals surface area contributed by atoms with Crippen molar-refractivity contribution in [3.63, 3.8) is 0 Å². The van der Waals surface area contributed by atoms with Crippen LogP contribution in [0.15, 0.2) is 0 Å². The molecule has 1 heterocycles. The Morgan fingerprint density at radius 2 is 1.82 bits per heavy atom. The summed E-state index contributed by atoms with van der Waals surface area (Å²) >= 11 is 0. The summed E-state index contributed by atoms with van der Waals surface area (Å²) in [5, 5.41) is 0. The van der Waals surface area contributed by atoms with Crippen molar-refractivity contribution in [3.8, 4) is 0 Å². The summed E-state index contributed by atoms with van der Waals surface area (Å²) in [5.74, 6) is 0.741. The number of likely N-dealkylation sites (tertiary alicyclic amines) is 1. The highest BCUT2D eigenvalue weighted by Gasteiger charge is 2.22. The normalized spacial score (nSPS) is 24.7. The third-order valence-electron chi connectivity index (χ3n) is 2.56. The fraction of sp³-hybridized carbons (Fsp3) is 0.889. The van der Waals surface area contributed by atoms with Crippen molar-refractivity contribution in [2.24, 2.45) is 0 Å². The summed E-state index contributed by atoms with van der Waals surface area (Å²) in [6, 6.07) is 0. The van der Waals surface area contributed by atoms with Gasteiger partial charge in [-0.25, -0.2) is 0 Å². The van der Waals surface area contributed by atoms with E-state index in [1.54, 1.807) is 0 Å².